The van der Waals surface area contributed by atoms with Gasteiger partial charge in [-0.25, -0.2) is 0 Å². The predicted molar refractivity (Wildman–Crippen MR) is 119 cm³/mol. The molecule has 2 nitrogen and oxygen atoms in total. The van der Waals surface area contributed by atoms with Crippen LogP contribution in [0.25, 0.3) is 0 Å². The maximum atomic E-state index is 10.8. The lowest BCUT2D eigenvalue weighted by molar-refractivity contribution is -0.208. The van der Waals surface area contributed by atoms with Gasteiger partial charge in [0.2, 0.25) is 0 Å². The summed E-state index contributed by atoms with van der Waals surface area (Å²) in [7, 11) is 0. The molecule has 0 radical (unpaired) electrons. The first kappa shape index (κ1) is 20.8. The normalized spacial score (nSPS) is 57.0. The van der Waals surface area contributed by atoms with Crippen molar-refractivity contribution in [2.24, 2.45) is 52.3 Å². The second-order valence-electron chi connectivity index (χ2n) is 13.0. The van der Waals surface area contributed by atoms with Gasteiger partial charge in [0.25, 0.3) is 0 Å². The molecule has 4 saturated carbocycles. The lowest BCUT2D eigenvalue weighted by Gasteiger charge is -2.63. The van der Waals surface area contributed by atoms with Crippen LogP contribution in [0.4, 0.5) is 0 Å². The second-order valence-corrected chi connectivity index (χ2v) is 13.0. The Morgan fingerprint density at radius 3 is 2.45 bits per heavy atom. The van der Waals surface area contributed by atoms with Gasteiger partial charge < -0.3 is 9.84 Å². The molecule has 4 aliphatic carbocycles. The summed E-state index contributed by atoms with van der Waals surface area (Å²) in [5.74, 6) is 5.68. The van der Waals surface area contributed by atoms with Crippen molar-refractivity contribution in [1.29, 1.82) is 0 Å². The Morgan fingerprint density at radius 1 is 0.931 bits per heavy atom. The Kier molecular flexibility index (Phi) is 5.18. The highest BCUT2D eigenvalue weighted by atomic mass is 16.5. The number of ether oxygens (including phenoxy) is 1. The van der Waals surface area contributed by atoms with Crippen LogP contribution in [0.15, 0.2) is 0 Å². The summed E-state index contributed by atoms with van der Waals surface area (Å²) in [6.07, 6.45) is 13.3. The highest BCUT2D eigenvalue weighted by Crippen LogP contribution is 2.69. The first-order valence-corrected chi connectivity index (χ1v) is 13.1. The molecule has 1 N–H and O–H groups in total. The molecule has 2 heterocycles. The van der Waals surface area contributed by atoms with Crippen LogP contribution in [-0.4, -0.2) is 23.4 Å². The maximum Gasteiger partial charge on any atom is 0.0662 e. The average Bonchev–Trinajstić information content (AvgIpc) is 2.98. The summed E-state index contributed by atoms with van der Waals surface area (Å²) in [5, 5.41) is 10.8. The monoisotopic (exact) mass is 402 g/mol. The van der Waals surface area contributed by atoms with Gasteiger partial charge in [0.1, 0.15) is 0 Å². The largest absolute Gasteiger partial charge is 0.393 e. The Balaban J connectivity index is 1.58. The van der Waals surface area contributed by atoms with E-state index in [2.05, 4.69) is 34.6 Å². The van der Waals surface area contributed by atoms with E-state index in [9.17, 15) is 5.11 Å². The summed E-state index contributed by atoms with van der Waals surface area (Å²) in [6.45, 7) is 12.5. The Labute approximate surface area is 179 Å². The quantitative estimate of drug-likeness (QED) is 0.574. The molecular formula is C27H46O2. The van der Waals surface area contributed by atoms with E-state index in [-0.39, 0.29) is 17.6 Å². The smallest absolute Gasteiger partial charge is 0.0662 e. The Morgan fingerprint density at radius 2 is 1.69 bits per heavy atom. The van der Waals surface area contributed by atoms with Gasteiger partial charge in [0, 0.05) is 6.42 Å². The Bertz CT molecular complexity index is 616. The van der Waals surface area contributed by atoms with Crippen molar-refractivity contribution in [2.45, 2.75) is 117 Å². The molecule has 0 aromatic heterocycles. The molecular weight excluding hydrogens is 356 g/mol. The number of rotatable bonds is 2. The zero-order valence-electron chi connectivity index (χ0n) is 19.7. The van der Waals surface area contributed by atoms with Crippen LogP contribution in [0, 0.1) is 52.3 Å². The zero-order chi connectivity index (χ0) is 20.6. The van der Waals surface area contributed by atoms with Crippen LogP contribution in [-0.2, 0) is 4.74 Å². The van der Waals surface area contributed by atoms with Crippen LogP contribution in [0.3, 0.4) is 0 Å². The minimum absolute atomic E-state index is 0.151. The molecule has 6 bridgehead atoms. The van der Waals surface area contributed by atoms with E-state index in [1.54, 1.807) is 0 Å². The van der Waals surface area contributed by atoms with E-state index < -0.39 is 0 Å². The van der Waals surface area contributed by atoms with Crippen LogP contribution < -0.4 is 0 Å². The third-order valence-electron chi connectivity index (χ3n) is 11.2. The van der Waals surface area contributed by atoms with Crippen molar-refractivity contribution < 1.29 is 9.84 Å². The van der Waals surface area contributed by atoms with Gasteiger partial charge in [-0.1, -0.05) is 34.6 Å². The maximum absolute atomic E-state index is 10.8. The number of aliphatic hydroxyl groups excluding tert-OH is 1. The standard InChI is InChI=1S/C27H46O2/c1-16(2)12-20-13-17(3)22-8-9-23-21-7-6-18-14-19(28)15-25(29-20)27(18,5)24(21)10-11-26(22,23)4/h16-25,28H,6-15H2,1-5H3/t17-,18?,19-,20?,21+,22-,23+,24+,25?,26-,27+/m1/s1. The van der Waals surface area contributed by atoms with E-state index in [0.29, 0.717) is 23.4 Å². The van der Waals surface area contributed by atoms with Crippen molar-refractivity contribution >= 4 is 0 Å². The number of hydrogen-bond acceptors (Lipinski definition) is 2. The molecule has 2 heteroatoms. The van der Waals surface area contributed by atoms with Crippen molar-refractivity contribution in [3.8, 4) is 0 Å². The second kappa shape index (κ2) is 7.22. The van der Waals surface area contributed by atoms with Gasteiger partial charge in [-0.15, -0.1) is 0 Å². The SMILES string of the molecule is CC(C)CC1C[C@@H](C)[C@H]2CC[C@H]3[C@@H]4CCC5C[C@@H](O)CC(O1)[C@]5(C)[C@H]4CC[C@]23C. The molecule has 0 aromatic rings. The lowest BCUT2D eigenvalue weighted by atomic mass is 9.44. The van der Waals surface area contributed by atoms with Crippen molar-refractivity contribution in [1.82, 2.24) is 0 Å². The van der Waals surface area contributed by atoms with Gasteiger partial charge >= 0.3 is 0 Å². The minimum atomic E-state index is -0.151. The van der Waals surface area contributed by atoms with Gasteiger partial charge in [-0.05, 0) is 110 Å². The first-order chi connectivity index (χ1) is 13.7. The van der Waals surface area contributed by atoms with Crippen molar-refractivity contribution in [3.63, 3.8) is 0 Å². The van der Waals surface area contributed by atoms with Crippen LogP contribution in [0.5, 0.6) is 0 Å². The number of aliphatic hydroxyl groups is 1. The predicted octanol–water partition coefficient (Wildman–Crippen LogP) is 6.46. The molecule has 6 fully saturated rings. The van der Waals surface area contributed by atoms with E-state index in [4.69, 9.17) is 4.74 Å². The van der Waals surface area contributed by atoms with Gasteiger partial charge in [-0.3, -0.25) is 0 Å². The highest BCUT2D eigenvalue weighted by molar-refractivity contribution is 5.12. The molecule has 2 aliphatic heterocycles. The van der Waals surface area contributed by atoms with Gasteiger partial charge in [0.05, 0.1) is 18.3 Å². The van der Waals surface area contributed by atoms with Crippen LogP contribution in [0.2, 0.25) is 0 Å². The summed E-state index contributed by atoms with van der Waals surface area (Å²) >= 11 is 0. The van der Waals surface area contributed by atoms with E-state index in [1.807, 2.05) is 0 Å². The molecule has 0 amide bonds. The molecule has 2 saturated heterocycles. The third kappa shape index (κ3) is 3.09. The number of hydrogen-bond donors (Lipinski definition) is 1. The lowest BCUT2D eigenvalue weighted by Crippen LogP contribution is -2.60. The zero-order valence-corrected chi connectivity index (χ0v) is 19.7. The molecule has 166 valence electrons. The third-order valence-corrected chi connectivity index (χ3v) is 11.2. The molecule has 6 aliphatic rings. The van der Waals surface area contributed by atoms with E-state index in [0.717, 1.165) is 42.4 Å². The Hall–Kier alpha value is -0.0800. The molecule has 6 rings (SSSR count). The summed E-state index contributed by atoms with van der Waals surface area (Å²) < 4.78 is 7.12. The van der Waals surface area contributed by atoms with Crippen LogP contribution in [0.1, 0.15) is 98.8 Å². The van der Waals surface area contributed by atoms with Crippen molar-refractivity contribution in [3.05, 3.63) is 0 Å². The van der Waals surface area contributed by atoms with Crippen molar-refractivity contribution in [2.75, 3.05) is 0 Å². The topological polar surface area (TPSA) is 29.5 Å². The van der Waals surface area contributed by atoms with E-state index >= 15 is 0 Å². The molecule has 0 aromatic carbocycles. The van der Waals surface area contributed by atoms with Gasteiger partial charge in [-0.2, -0.15) is 0 Å². The fourth-order valence-electron chi connectivity index (χ4n) is 9.99. The number of fused-ring (bicyclic) bond motifs is 4. The fraction of sp³-hybridized carbons (Fsp3) is 1.00. The summed E-state index contributed by atoms with van der Waals surface area (Å²) in [5.41, 5.74) is 0.852. The first-order valence-electron chi connectivity index (χ1n) is 13.1. The van der Waals surface area contributed by atoms with E-state index in [1.165, 1.54) is 51.4 Å². The molecule has 29 heavy (non-hydrogen) atoms. The minimum Gasteiger partial charge on any atom is -0.393 e. The molecule has 0 spiro atoms. The summed E-state index contributed by atoms with van der Waals surface area (Å²) in [4.78, 5) is 0. The van der Waals surface area contributed by atoms with Gasteiger partial charge in [0.15, 0.2) is 0 Å². The fourth-order valence-corrected chi connectivity index (χ4v) is 9.99. The highest BCUT2D eigenvalue weighted by Gasteiger charge is 2.63. The summed E-state index contributed by atoms with van der Waals surface area (Å²) in [6, 6.07) is 0. The molecule has 3 unspecified atom stereocenters. The van der Waals surface area contributed by atoms with Crippen LogP contribution >= 0.6 is 0 Å². The average molecular weight is 403 g/mol. The molecule has 11 atom stereocenters.